The third-order valence-electron chi connectivity index (χ3n) is 3.80. The van der Waals surface area contributed by atoms with Crippen molar-refractivity contribution in [2.45, 2.75) is 50.0 Å². The van der Waals surface area contributed by atoms with Crippen molar-refractivity contribution in [3.05, 3.63) is 29.8 Å². The van der Waals surface area contributed by atoms with Gasteiger partial charge in [0.2, 0.25) is 0 Å². The molecule has 100 valence electrons. The second kappa shape index (κ2) is 7.17. The number of benzene rings is 1. The van der Waals surface area contributed by atoms with E-state index >= 15 is 0 Å². The molecule has 0 radical (unpaired) electrons. The van der Waals surface area contributed by atoms with Crippen molar-refractivity contribution in [3.63, 3.8) is 0 Å². The van der Waals surface area contributed by atoms with Gasteiger partial charge in [-0.3, -0.25) is 11.3 Å². The molecule has 2 rings (SSSR count). The summed E-state index contributed by atoms with van der Waals surface area (Å²) >= 11 is 1.90. The summed E-state index contributed by atoms with van der Waals surface area (Å²) in [6, 6.07) is 9.18. The monoisotopic (exact) mass is 264 g/mol. The van der Waals surface area contributed by atoms with Gasteiger partial charge in [-0.1, -0.05) is 43.4 Å². The molecule has 1 atom stereocenters. The van der Waals surface area contributed by atoms with Crippen LogP contribution in [0.4, 0.5) is 0 Å². The van der Waals surface area contributed by atoms with Crippen LogP contribution in [-0.2, 0) is 0 Å². The van der Waals surface area contributed by atoms with Crippen molar-refractivity contribution in [1.82, 2.24) is 5.43 Å². The van der Waals surface area contributed by atoms with Crippen LogP contribution in [0.2, 0.25) is 0 Å². The molecule has 3 heteroatoms. The molecule has 3 N–H and O–H groups in total. The van der Waals surface area contributed by atoms with E-state index in [1.807, 2.05) is 11.8 Å². The fraction of sp³-hybridized carbons (Fsp3) is 0.600. The normalized spacial score (nSPS) is 18.1. The number of rotatable bonds is 6. The summed E-state index contributed by atoms with van der Waals surface area (Å²) in [7, 11) is 0. The summed E-state index contributed by atoms with van der Waals surface area (Å²) in [5, 5.41) is 0. The first-order valence-electron chi connectivity index (χ1n) is 6.93. The number of nitrogens with two attached hydrogens (primary N) is 1. The first-order valence-corrected chi connectivity index (χ1v) is 7.92. The number of hydrogen-bond donors (Lipinski definition) is 2. The van der Waals surface area contributed by atoms with Crippen LogP contribution < -0.4 is 11.3 Å². The van der Waals surface area contributed by atoms with Gasteiger partial charge in [0.25, 0.3) is 0 Å². The highest BCUT2D eigenvalue weighted by atomic mass is 32.2. The first kappa shape index (κ1) is 13.9. The number of aryl methyl sites for hydroxylation is 1. The van der Waals surface area contributed by atoms with Gasteiger partial charge in [0.05, 0.1) is 0 Å². The summed E-state index contributed by atoms with van der Waals surface area (Å²) in [5.74, 6) is 7.63. The topological polar surface area (TPSA) is 38.0 Å². The Labute approximate surface area is 115 Å². The minimum atomic E-state index is 0.444. The minimum absolute atomic E-state index is 0.444. The molecule has 2 nitrogen and oxygen atoms in total. The van der Waals surface area contributed by atoms with Gasteiger partial charge < -0.3 is 0 Å². The molecule has 1 fully saturated rings. The molecule has 1 aliphatic rings. The Hall–Kier alpha value is -0.510. The van der Waals surface area contributed by atoms with Crippen molar-refractivity contribution in [3.8, 4) is 0 Å². The number of thioether (sulfide) groups is 1. The van der Waals surface area contributed by atoms with Crippen LogP contribution in [0.3, 0.4) is 0 Å². The lowest BCUT2D eigenvalue weighted by Crippen LogP contribution is -2.38. The van der Waals surface area contributed by atoms with Crippen LogP contribution in [0.5, 0.6) is 0 Å². The molecule has 18 heavy (non-hydrogen) atoms. The van der Waals surface area contributed by atoms with Crippen LogP contribution in [0.1, 0.15) is 37.7 Å². The lowest BCUT2D eigenvalue weighted by Gasteiger charge is -2.19. The highest BCUT2D eigenvalue weighted by molar-refractivity contribution is 7.99. The predicted molar refractivity (Wildman–Crippen MR) is 79.6 cm³/mol. The molecular formula is C15H24N2S. The molecule has 1 unspecified atom stereocenters. The van der Waals surface area contributed by atoms with Crippen molar-refractivity contribution in [2.75, 3.05) is 5.75 Å². The molecule has 0 saturated heterocycles. The maximum absolute atomic E-state index is 5.68. The lowest BCUT2D eigenvalue weighted by molar-refractivity contribution is 0.415. The van der Waals surface area contributed by atoms with E-state index in [9.17, 15) is 0 Å². The molecule has 0 heterocycles. The van der Waals surface area contributed by atoms with Gasteiger partial charge in [-0.05, 0) is 31.4 Å². The molecule has 1 aromatic carbocycles. The van der Waals surface area contributed by atoms with Gasteiger partial charge in [-0.25, -0.2) is 0 Å². The summed E-state index contributed by atoms with van der Waals surface area (Å²) in [6.07, 6.45) is 6.84. The molecule has 1 aromatic rings. The van der Waals surface area contributed by atoms with E-state index in [-0.39, 0.29) is 0 Å². The van der Waals surface area contributed by atoms with Crippen LogP contribution in [0, 0.1) is 12.8 Å². The third-order valence-corrected chi connectivity index (χ3v) is 4.98. The smallest absolute Gasteiger partial charge is 0.0307 e. The highest BCUT2D eigenvalue weighted by Crippen LogP contribution is 2.30. The SMILES string of the molecule is Cc1ccc(SCC(CC2CCCC2)NN)cc1. The van der Waals surface area contributed by atoms with Crippen LogP contribution >= 0.6 is 11.8 Å². The van der Waals surface area contributed by atoms with Crippen molar-refractivity contribution < 1.29 is 0 Å². The molecule has 1 saturated carbocycles. The highest BCUT2D eigenvalue weighted by Gasteiger charge is 2.19. The number of nitrogens with one attached hydrogen (secondary N) is 1. The van der Waals surface area contributed by atoms with E-state index < -0.39 is 0 Å². The second-order valence-electron chi connectivity index (χ2n) is 5.37. The fourth-order valence-corrected chi connectivity index (χ4v) is 3.62. The van der Waals surface area contributed by atoms with Crippen molar-refractivity contribution >= 4 is 11.8 Å². The second-order valence-corrected chi connectivity index (χ2v) is 6.47. The summed E-state index contributed by atoms with van der Waals surface area (Å²) in [4.78, 5) is 1.34. The van der Waals surface area contributed by atoms with Crippen LogP contribution in [0.25, 0.3) is 0 Å². The van der Waals surface area contributed by atoms with Crippen molar-refractivity contribution in [2.24, 2.45) is 11.8 Å². The predicted octanol–water partition coefficient (Wildman–Crippen LogP) is 3.50. The zero-order valence-electron chi connectivity index (χ0n) is 11.2. The van der Waals surface area contributed by atoms with Gasteiger partial charge in [0, 0.05) is 16.7 Å². The molecule has 0 aliphatic heterocycles. The Morgan fingerprint density at radius 2 is 1.94 bits per heavy atom. The van der Waals surface area contributed by atoms with Crippen LogP contribution in [-0.4, -0.2) is 11.8 Å². The molecular weight excluding hydrogens is 240 g/mol. The quantitative estimate of drug-likeness (QED) is 0.469. The maximum Gasteiger partial charge on any atom is 0.0307 e. The zero-order valence-corrected chi connectivity index (χ0v) is 12.0. The zero-order chi connectivity index (χ0) is 12.8. The standard InChI is InChI=1S/C15H24N2S/c1-12-6-8-15(9-7-12)18-11-14(17-16)10-13-4-2-3-5-13/h6-9,13-14,17H,2-5,10-11,16H2,1H3. The fourth-order valence-electron chi connectivity index (χ4n) is 2.66. The largest absolute Gasteiger partial charge is 0.271 e. The Balaban J connectivity index is 1.77. The molecule has 0 bridgehead atoms. The average molecular weight is 264 g/mol. The minimum Gasteiger partial charge on any atom is -0.271 e. The molecule has 1 aliphatic carbocycles. The van der Waals surface area contributed by atoms with E-state index in [1.165, 1.54) is 42.6 Å². The van der Waals surface area contributed by atoms with Crippen LogP contribution in [0.15, 0.2) is 29.2 Å². The van der Waals surface area contributed by atoms with E-state index in [0.29, 0.717) is 6.04 Å². The maximum atomic E-state index is 5.68. The molecule has 0 amide bonds. The van der Waals surface area contributed by atoms with Gasteiger partial charge in [-0.2, -0.15) is 0 Å². The van der Waals surface area contributed by atoms with E-state index in [0.717, 1.165) is 11.7 Å². The van der Waals surface area contributed by atoms with Gasteiger partial charge in [0.1, 0.15) is 0 Å². The van der Waals surface area contributed by atoms with Gasteiger partial charge in [-0.15, -0.1) is 11.8 Å². The Bertz CT molecular complexity index is 344. The van der Waals surface area contributed by atoms with E-state index in [1.54, 1.807) is 0 Å². The number of hydrazine groups is 1. The summed E-state index contributed by atoms with van der Waals surface area (Å²) < 4.78 is 0. The Morgan fingerprint density at radius 1 is 1.28 bits per heavy atom. The van der Waals surface area contributed by atoms with E-state index in [2.05, 4.69) is 36.6 Å². The van der Waals surface area contributed by atoms with Gasteiger partial charge >= 0.3 is 0 Å². The van der Waals surface area contributed by atoms with E-state index in [4.69, 9.17) is 5.84 Å². The lowest BCUT2D eigenvalue weighted by atomic mass is 10.00. The number of hydrogen-bond acceptors (Lipinski definition) is 3. The third kappa shape index (κ3) is 4.30. The van der Waals surface area contributed by atoms with Gasteiger partial charge in [0.15, 0.2) is 0 Å². The molecule has 0 aromatic heterocycles. The molecule has 0 spiro atoms. The summed E-state index contributed by atoms with van der Waals surface area (Å²) in [5.41, 5.74) is 4.31. The average Bonchev–Trinajstić information content (AvgIpc) is 2.89. The summed E-state index contributed by atoms with van der Waals surface area (Å²) in [6.45, 7) is 2.12. The van der Waals surface area contributed by atoms with Crippen molar-refractivity contribution in [1.29, 1.82) is 0 Å². The first-order chi connectivity index (χ1) is 8.78. The Kier molecular flexibility index (Phi) is 5.54. The Morgan fingerprint density at radius 3 is 2.56 bits per heavy atom.